The maximum absolute atomic E-state index is 14.2. The smallest absolute Gasteiger partial charge is 0.230 e. The van der Waals surface area contributed by atoms with Gasteiger partial charge in [0, 0.05) is 25.2 Å². The molecule has 3 rings (SSSR count). The number of nitrogens with zero attached hydrogens (tertiary/aromatic N) is 2. The van der Waals surface area contributed by atoms with Crippen LogP contribution in [0.4, 0.5) is 4.39 Å². The van der Waals surface area contributed by atoms with E-state index in [4.69, 9.17) is 4.74 Å². The van der Waals surface area contributed by atoms with E-state index in [9.17, 15) is 9.18 Å². The van der Waals surface area contributed by atoms with E-state index < -0.39 is 0 Å². The highest BCUT2D eigenvalue weighted by Gasteiger charge is 2.48. The molecular weight excluding hydrogens is 351 g/mol. The maximum atomic E-state index is 14.2. The molecule has 4 nitrogen and oxygen atoms in total. The molecule has 2 aliphatic heterocycles. The molecule has 0 unspecified atom stereocenters. The van der Waals surface area contributed by atoms with Gasteiger partial charge in [0.2, 0.25) is 5.91 Å². The molecule has 1 amide bonds. The standard InChI is InChI=1S/C20H29FN2O2S/c1-25-17-5-6-18(21)16(13-17)14-23-10-3-7-20(19(23)24)8-11-22(15-20)9-4-12-26-2/h5-6,13H,3-4,7-12,14-15H2,1-2H3/t20-/m0/s1. The molecule has 0 bridgehead atoms. The van der Waals surface area contributed by atoms with Crippen LogP contribution in [-0.4, -0.2) is 61.0 Å². The number of likely N-dealkylation sites (tertiary alicyclic amines) is 2. The van der Waals surface area contributed by atoms with Gasteiger partial charge >= 0.3 is 0 Å². The van der Waals surface area contributed by atoms with Crippen molar-refractivity contribution in [3.8, 4) is 5.75 Å². The SMILES string of the molecule is COc1ccc(F)c(CN2CCC[C@@]3(CCN(CCCSC)C3)C2=O)c1. The van der Waals surface area contributed by atoms with Crippen molar-refractivity contribution in [2.75, 3.05) is 45.3 Å². The molecule has 6 heteroatoms. The maximum Gasteiger partial charge on any atom is 0.230 e. The van der Waals surface area contributed by atoms with Gasteiger partial charge in [0.25, 0.3) is 0 Å². The number of carbonyl (C=O) groups excluding carboxylic acids is 1. The average molecular weight is 381 g/mol. The van der Waals surface area contributed by atoms with Crippen LogP contribution in [0.3, 0.4) is 0 Å². The van der Waals surface area contributed by atoms with Gasteiger partial charge in [-0.2, -0.15) is 11.8 Å². The summed E-state index contributed by atoms with van der Waals surface area (Å²) in [6, 6.07) is 4.73. The highest BCUT2D eigenvalue weighted by molar-refractivity contribution is 7.98. The van der Waals surface area contributed by atoms with Gasteiger partial charge < -0.3 is 14.5 Å². The van der Waals surface area contributed by atoms with Gasteiger partial charge in [0.1, 0.15) is 11.6 Å². The Kier molecular flexibility index (Phi) is 6.46. The first-order chi connectivity index (χ1) is 12.6. The van der Waals surface area contributed by atoms with Crippen molar-refractivity contribution >= 4 is 17.7 Å². The molecule has 2 heterocycles. The lowest BCUT2D eigenvalue weighted by Gasteiger charge is -2.39. The molecule has 2 saturated heterocycles. The minimum atomic E-state index is -0.275. The molecule has 2 aliphatic rings. The number of hydrogen-bond donors (Lipinski definition) is 0. The van der Waals surface area contributed by atoms with Crippen LogP contribution in [0, 0.1) is 11.2 Å². The van der Waals surface area contributed by atoms with E-state index in [0.717, 1.165) is 38.9 Å². The molecule has 144 valence electrons. The molecule has 0 N–H and O–H groups in total. The topological polar surface area (TPSA) is 32.8 Å². The van der Waals surface area contributed by atoms with Crippen LogP contribution < -0.4 is 4.74 Å². The zero-order valence-electron chi connectivity index (χ0n) is 15.8. The lowest BCUT2D eigenvalue weighted by atomic mass is 9.78. The van der Waals surface area contributed by atoms with E-state index in [-0.39, 0.29) is 17.1 Å². The number of thioether (sulfide) groups is 1. The summed E-state index contributed by atoms with van der Waals surface area (Å²) in [6.45, 7) is 3.97. The fraction of sp³-hybridized carbons (Fsp3) is 0.650. The zero-order valence-corrected chi connectivity index (χ0v) is 16.6. The van der Waals surface area contributed by atoms with Crippen molar-refractivity contribution in [2.45, 2.75) is 32.2 Å². The normalized spacial score (nSPS) is 23.8. The Hall–Kier alpha value is -1.27. The molecule has 26 heavy (non-hydrogen) atoms. The first kappa shape index (κ1) is 19.5. The second-order valence-electron chi connectivity index (χ2n) is 7.44. The Morgan fingerprint density at radius 3 is 2.92 bits per heavy atom. The summed E-state index contributed by atoms with van der Waals surface area (Å²) in [4.78, 5) is 17.5. The molecule has 1 spiro atoms. The number of ether oxygens (including phenoxy) is 1. The Morgan fingerprint density at radius 1 is 1.31 bits per heavy atom. The first-order valence-electron chi connectivity index (χ1n) is 9.41. The molecule has 1 atom stereocenters. The summed E-state index contributed by atoms with van der Waals surface area (Å²) in [7, 11) is 1.57. The van der Waals surface area contributed by atoms with E-state index in [2.05, 4.69) is 11.2 Å². The summed E-state index contributed by atoms with van der Waals surface area (Å²) in [5.41, 5.74) is 0.275. The largest absolute Gasteiger partial charge is 0.497 e. The summed E-state index contributed by atoms with van der Waals surface area (Å²) >= 11 is 1.87. The number of rotatable bonds is 7. The van der Waals surface area contributed by atoms with Crippen LogP contribution >= 0.6 is 11.8 Å². The molecule has 1 aromatic rings. The number of hydrogen-bond acceptors (Lipinski definition) is 4. The van der Waals surface area contributed by atoms with E-state index in [1.165, 1.54) is 18.2 Å². The Labute approximate surface area is 160 Å². The Balaban J connectivity index is 1.67. The van der Waals surface area contributed by atoms with Gasteiger partial charge in [-0.15, -0.1) is 0 Å². The lowest BCUT2D eigenvalue weighted by Crippen LogP contribution is -2.49. The predicted molar refractivity (Wildman–Crippen MR) is 104 cm³/mol. The van der Waals surface area contributed by atoms with Gasteiger partial charge in [-0.1, -0.05) is 0 Å². The van der Waals surface area contributed by atoms with Crippen LogP contribution in [0.15, 0.2) is 18.2 Å². The third-order valence-electron chi connectivity index (χ3n) is 5.69. The summed E-state index contributed by atoms with van der Waals surface area (Å²) in [5.74, 6) is 1.72. The van der Waals surface area contributed by atoms with Crippen LogP contribution in [0.1, 0.15) is 31.2 Å². The third-order valence-corrected chi connectivity index (χ3v) is 6.39. The molecule has 0 radical (unpaired) electrons. The summed E-state index contributed by atoms with van der Waals surface area (Å²) < 4.78 is 19.4. The highest BCUT2D eigenvalue weighted by atomic mass is 32.2. The average Bonchev–Trinajstić information content (AvgIpc) is 3.05. The highest BCUT2D eigenvalue weighted by Crippen LogP contribution is 2.40. The molecular formula is C20H29FN2O2S. The van der Waals surface area contributed by atoms with E-state index in [1.807, 2.05) is 16.7 Å². The van der Waals surface area contributed by atoms with Crippen molar-refractivity contribution in [3.63, 3.8) is 0 Å². The molecule has 0 saturated carbocycles. The van der Waals surface area contributed by atoms with Crippen LogP contribution in [-0.2, 0) is 11.3 Å². The fourth-order valence-corrected chi connectivity index (χ4v) is 4.69. The van der Waals surface area contributed by atoms with Crippen molar-refractivity contribution in [3.05, 3.63) is 29.6 Å². The van der Waals surface area contributed by atoms with Gasteiger partial charge in [-0.25, -0.2) is 4.39 Å². The quantitative estimate of drug-likeness (QED) is 0.679. The second kappa shape index (κ2) is 8.61. The molecule has 0 aromatic heterocycles. The minimum absolute atomic E-state index is 0.207. The summed E-state index contributed by atoms with van der Waals surface area (Å²) in [5, 5.41) is 0. The van der Waals surface area contributed by atoms with Crippen LogP contribution in [0.5, 0.6) is 5.75 Å². The van der Waals surface area contributed by atoms with Crippen LogP contribution in [0.2, 0.25) is 0 Å². The second-order valence-corrected chi connectivity index (χ2v) is 8.43. The van der Waals surface area contributed by atoms with Crippen molar-refractivity contribution in [1.29, 1.82) is 0 Å². The van der Waals surface area contributed by atoms with Gasteiger partial charge in [0.15, 0.2) is 0 Å². The van der Waals surface area contributed by atoms with Crippen LogP contribution in [0.25, 0.3) is 0 Å². The number of methoxy groups -OCH3 is 1. The number of halogens is 1. The lowest BCUT2D eigenvalue weighted by molar-refractivity contribution is -0.146. The monoisotopic (exact) mass is 380 g/mol. The van der Waals surface area contributed by atoms with Gasteiger partial charge in [-0.3, -0.25) is 4.79 Å². The zero-order chi connectivity index (χ0) is 18.6. The van der Waals surface area contributed by atoms with Gasteiger partial charge in [-0.05, 0) is 69.0 Å². The van der Waals surface area contributed by atoms with Crippen molar-refractivity contribution in [1.82, 2.24) is 9.80 Å². The van der Waals surface area contributed by atoms with E-state index in [1.54, 1.807) is 19.2 Å². The van der Waals surface area contributed by atoms with Crippen molar-refractivity contribution in [2.24, 2.45) is 5.41 Å². The van der Waals surface area contributed by atoms with Crippen molar-refractivity contribution < 1.29 is 13.9 Å². The number of benzene rings is 1. The number of carbonyl (C=O) groups is 1. The number of piperidine rings is 1. The fourth-order valence-electron chi connectivity index (χ4n) is 4.27. The van der Waals surface area contributed by atoms with E-state index >= 15 is 0 Å². The predicted octanol–water partition coefficient (Wildman–Crippen LogP) is 3.40. The molecule has 1 aromatic carbocycles. The van der Waals surface area contributed by atoms with E-state index in [0.29, 0.717) is 24.4 Å². The molecule has 2 fully saturated rings. The number of amides is 1. The summed E-state index contributed by atoms with van der Waals surface area (Å²) in [6.07, 6.45) is 6.19. The minimum Gasteiger partial charge on any atom is -0.497 e. The first-order valence-corrected chi connectivity index (χ1v) is 10.8. The Bertz CT molecular complexity index is 642. The van der Waals surface area contributed by atoms with Gasteiger partial charge in [0.05, 0.1) is 12.5 Å². The molecule has 0 aliphatic carbocycles. The Morgan fingerprint density at radius 2 is 2.15 bits per heavy atom. The third kappa shape index (κ3) is 4.17.